The summed E-state index contributed by atoms with van der Waals surface area (Å²) in [5.41, 5.74) is 7.57. The van der Waals surface area contributed by atoms with Crippen molar-refractivity contribution in [2.45, 2.75) is 6.18 Å². The normalized spacial score (nSPS) is 12.2. The predicted octanol–water partition coefficient (Wildman–Crippen LogP) is 4.50. The first-order valence-electron chi connectivity index (χ1n) is 5.49. The maximum atomic E-state index is 12.5. The minimum atomic E-state index is -4.32. The van der Waals surface area contributed by atoms with E-state index in [0.717, 1.165) is 27.9 Å². The van der Waals surface area contributed by atoms with Crippen molar-refractivity contribution in [1.29, 1.82) is 0 Å². The number of thiophene rings is 1. The highest BCUT2D eigenvalue weighted by atomic mass is 32.1. The number of hydrogen-bond donors (Lipinski definition) is 2. The summed E-state index contributed by atoms with van der Waals surface area (Å²) in [4.78, 5) is 3.02. The van der Waals surface area contributed by atoms with Crippen molar-refractivity contribution in [2.24, 2.45) is 0 Å². The Morgan fingerprint density at radius 2 is 1.74 bits per heavy atom. The van der Waals surface area contributed by atoms with Crippen LogP contribution in [0.25, 0.3) is 21.3 Å². The van der Waals surface area contributed by atoms with E-state index in [4.69, 9.17) is 5.73 Å². The molecule has 3 N–H and O–H groups in total. The number of rotatable bonds is 1. The molecule has 0 aliphatic heterocycles. The van der Waals surface area contributed by atoms with Gasteiger partial charge in [-0.1, -0.05) is 12.1 Å². The maximum absolute atomic E-state index is 12.5. The number of aromatic nitrogens is 1. The van der Waals surface area contributed by atoms with Gasteiger partial charge in [-0.15, -0.1) is 11.3 Å². The van der Waals surface area contributed by atoms with E-state index >= 15 is 0 Å². The van der Waals surface area contributed by atoms with Gasteiger partial charge in [0, 0.05) is 5.56 Å². The number of benzene rings is 1. The quantitative estimate of drug-likeness (QED) is 0.678. The van der Waals surface area contributed by atoms with Crippen LogP contribution in [0, 0.1) is 0 Å². The number of H-pyrrole nitrogens is 1. The first kappa shape index (κ1) is 12.1. The Hall–Kier alpha value is -1.95. The fourth-order valence-corrected chi connectivity index (χ4v) is 2.98. The minimum absolute atomic E-state index is 0.474. The van der Waals surface area contributed by atoms with Crippen molar-refractivity contribution < 1.29 is 13.2 Å². The van der Waals surface area contributed by atoms with Gasteiger partial charge in [-0.3, -0.25) is 0 Å². The van der Waals surface area contributed by atoms with Crippen LogP contribution in [0.4, 0.5) is 19.0 Å². The highest BCUT2D eigenvalue weighted by Gasteiger charge is 2.30. The Balaban J connectivity index is 2.12. The predicted molar refractivity (Wildman–Crippen MR) is 71.0 cm³/mol. The van der Waals surface area contributed by atoms with Crippen LogP contribution in [0.2, 0.25) is 0 Å². The molecular formula is C13H9F3N2S. The van der Waals surface area contributed by atoms with Crippen LogP contribution in [-0.2, 0) is 6.18 Å². The second-order valence-electron chi connectivity index (χ2n) is 4.15. The minimum Gasteiger partial charge on any atom is -0.385 e. The first-order valence-corrected chi connectivity index (χ1v) is 6.37. The number of alkyl halides is 3. The van der Waals surface area contributed by atoms with Crippen molar-refractivity contribution >= 4 is 27.4 Å². The van der Waals surface area contributed by atoms with E-state index in [1.807, 2.05) is 11.4 Å². The summed E-state index contributed by atoms with van der Waals surface area (Å²) in [5.74, 6) is 0.474. The molecule has 1 aromatic carbocycles. The number of anilines is 1. The van der Waals surface area contributed by atoms with Crippen LogP contribution in [0.1, 0.15) is 5.56 Å². The second kappa shape index (κ2) is 4.03. The fraction of sp³-hybridized carbons (Fsp3) is 0.0769. The number of nitrogen functional groups attached to an aromatic ring is 1. The fourth-order valence-electron chi connectivity index (χ4n) is 2.04. The number of fused-ring (bicyclic) bond motifs is 1. The third kappa shape index (κ3) is 1.98. The number of hydrogen-bond acceptors (Lipinski definition) is 2. The van der Waals surface area contributed by atoms with Crippen LogP contribution >= 0.6 is 11.3 Å². The first-order chi connectivity index (χ1) is 8.97. The van der Waals surface area contributed by atoms with E-state index < -0.39 is 11.7 Å². The number of nitrogens with two attached hydrogens (primary N) is 1. The zero-order valence-corrected chi connectivity index (χ0v) is 10.4. The van der Waals surface area contributed by atoms with E-state index in [0.29, 0.717) is 11.4 Å². The van der Waals surface area contributed by atoms with Crippen molar-refractivity contribution in [3.8, 4) is 11.1 Å². The van der Waals surface area contributed by atoms with Crippen LogP contribution in [-0.4, -0.2) is 4.98 Å². The van der Waals surface area contributed by atoms with Gasteiger partial charge in [-0.2, -0.15) is 13.2 Å². The lowest BCUT2D eigenvalue weighted by Gasteiger charge is -2.07. The summed E-state index contributed by atoms with van der Waals surface area (Å²) in [6.07, 6.45) is -4.32. The summed E-state index contributed by atoms with van der Waals surface area (Å²) >= 11 is 1.51. The Labute approximate surface area is 110 Å². The number of nitrogens with one attached hydrogen (secondary N) is 1. The molecule has 6 heteroatoms. The molecule has 0 aliphatic rings. The molecular weight excluding hydrogens is 273 g/mol. The maximum Gasteiger partial charge on any atom is 0.416 e. The number of aromatic amines is 1. The standard InChI is InChI=1S/C13H9F3N2S/c14-13(15,16)8-3-1-7(2-4-8)10-11-9(5-6-19-11)18-12(10)17/h1-6,18H,17H2. The molecule has 0 fully saturated rings. The third-order valence-corrected chi connectivity index (χ3v) is 3.86. The molecule has 3 rings (SSSR count). The monoisotopic (exact) mass is 282 g/mol. The van der Waals surface area contributed by atoms with Crippen LogP contribution in [0.15, 0.2) is 35.7 Å². The smallest absolute Gasteiger partial charge is 0.385 e. The molecule has 0 bridgehead atoms. The van der Waals surface area contributed by atoms with Crippen molar-refractivity contribution in [2.75, 3.05) is 5.73 Å². The van der Waals surface area contributed by atoms with E-state index in [1.165, 1.54) is 23.5 Å². The Bertz CT molecular complexity index is 723. The molecule has 0 spiro atoms. The molecule has 19 heavy (non-hydrogen) atoms. The van der Waals surface area contributed by atoms with Crippen LogP contribution in [0.5, 0.6) is 0 Å². The average Bonchev–Trinajstić information content (AvgIpc) is 2.87. The zero-order chi connectivity index (χ0) is 13.6. The highest BCUT2D eigenvalue weighted by Crippen LogP contribution is 2.38. The van der Waals surface area contributed by atoms with Gasteiger partial charge < -0.3 is 10.7 Å². The van der Waals surface area contributed by atoms with E-state index in [9.17, 15) is 13.2 Å². The third-order valence-electron chi connectivity index (χ3n) is 2.93. The Morgan fingerprint density at radius 1 is 1.05 bits per heavy atom. The topological polar surface area (TPSA) is 41.8 Å². The van der Waals surface area contributed by atoms with Gasteiger partial charge in [-0.05, 0) is 29.1 Å². The highest BCUT2D eigenvalue weighted by molar-refractivity contribution is 7.17. The van der Waals surface area contributed by atoms with E-state index in [2.05, 4.69) is 4.98 Å². The molecule has 0 aliphatic carbocycles. The van der Waals surface area contributed by atoms with Gasteiger partial charge in [0.05, 0.1) is 15.8 Å². The summed E-state index contributed by atoms with van der Waals surface area (Å²) in [6, 6.07) is 6.93. The Kier molecular flexibility index (Phi) is 2.56. The van der Waals surface area contributed by atoms with Gasteiger partial charge in [0.25, 0.3) is 0 Å². The molecule has 0 amide bonds. The van der Waals surface area contributed by atoms with Gasteiger partial charge in [0.15, 0.2) is 0 Å². The second-order valence-corrected chi connectivity index (χ2v) is 5.07. The molecule has 0 saturated heterocycles. The summed E-state index contributed by atoms with van der Waals surface area (Å²) in [7, 11) is 0. The lowest BCUT2D eigenvalue weighted by atomic mass is 10.1. The van der Waals surface area contributed by atoms with Crippen molar-refractivity contribution in [1.82, 2.24) is 4.98 Å². The average molecular weight is 282 g/mol. The van der Waals surface area contributed by atoms with E-state index in [-0.39, 0.29) is 0 Å². The lowest BCUT2D eigenvalue weighted by molar-refractivity contribution is -0.137. The van der Waals surface area contributed by atoms with Gasteiger partial charge in [-0.25, -0.2) is 0 Å². The van der Waals surface area contributed by atoms with Crippen molar-refractivity contribution in [3.63, 3.8) is 0 Å². The largest absolute Gasteiger partial charge is 0.416 e. The molecule has 0 saturated carbocycles. The molecule has 2 nitrogen and oxygen atoms in total. The van der Waals surface area contributed by atoms with Crippen LogP contribution in [0.3, 0.4) is 0 Å². The summed E-state index contributed by atoms with van der Waals surface area (Å²) in [6.45, 7) is 0. The van der Waals surface area contributed by atoms with E-state index in [1.54, 1.807) is 0 Å². The molecule has 2 aromatic heterocycles. The molecule has 0 radical (unpaired) electrons. The van der Waals surface area contributed by atoms with Gasteiger partial charge in [0.2, 0.25) is 0 Å². The summed E-state index contributed by atoms with van der Waals surface area (Å²) in [5, 5.41) is 1.91. The SMILES string of the molecule is Nc1[nH]c2ccsc2c1-c1ccc(C(F)(F)F)cc1. The number of halogens is 3. The van der Waals surface area contributed by atoms with Gasteiger partial charge in [0.1, 0.15) is 5.82 Å². The molecule has 2 heterocycles. The Morgan fingerprint density at radius 3 is 2.37 bits per heavy atom. The zero-order valence-electron chi connectivity index (χ0n) is 9.58. The summed E-state index contributed by atoms with van der Waals surface area (Å²) < 4.78 is 38.5. The lowest BCUT2D eigenvalue weighted by Crippen LogP contribution is -2.04. The molecule has 0 unspecified atom stereocenters. The van der Waals surface area contributed by atoms with Gasteiger partial charge >= 0.3 is 6.18 Å². The van der Waals surface area contributed by atoms with Crippen molar-refractivity contribution in [3.05, 3.63) is 41.3 Å². The van der Waals surface area contributed by atoms with Crippen LogP contribution < -0.4 is 5.73 Å². The molecule has 98 valence electrons. The molecule has 3 aromatic rings. The molecule has 0 atom stereocenters.